The molecule has 0 atom stereocenters. The van der Waals surface area contributed by atoms with Gasteiger partial charge in [0.1, 0.15) is 11.0 Å². The van der Waals surface area contributed by atoms with Gasteiger partial charge >= 0.3 is 5.97 Å². The van der Waals surface area contributed by atoms with E-state index in [1.54, 1.807) is 10.9 Å². The van der Waals surface area contributed by atoms with Gasteiger partial charge < -0.3 is 10.1 Å². The lowest BCUT2D eigenvalue weighted by Gasteiger charge is -2.08. The average Bonchev–Trinajstić information content (AvgIpc) is 2.94. The topological polar surface area (TPSA) is 91.0 Å². The fourth-order valence-corrected chi connectivity index (χ4v) is 2.01. The van der Waals surface area contributed by atoms with E-state index in [9.17, 15) is 9.59 Å². The Morgan fingerprint density at radius 1 is 1.43 bits per heavy atom. The van der Waals surface area contributed by atoms with Crippen LogP contribution in [-0.4, -0.2) is 32.6 Å². The van der Waals surface area contributed by atoms with Crippen molar-refractivity contribution in [2.45, 2.75) is 20.0 Å². The third-order valence-corrected chi connectivity index (χ3v) is 3.49. The van der Waals surface area contributed by atoms with Crippen LogP contribution in [0.2, 0.25) is 0 Å². The number of anilines is 2. The minimum absolute atomic E-state index is 0.234. The number of carbonyl (C=O) groups excluding carboxylic acids is 1. The molecule has 0 aliphatic carbocycles. The molecule has 21 heavy (non-hydrogen) atoms. The van der Waals surface area contributed by atoms with E-state index in [0.29, 0.717) is 5.69 Å². The number of esters is 1. The van der Waals surface area contributed by atoms with Gasteiger partial charge in [-0.25, -0.2) is 4.68 Å². The molecular formula is C12H14BrN5O3. The number of aryl methyl sites for hydroxylation is 1. The van der Waals surface area contributed by atoms with Crippen molar-refractivity contribution in [3.05, 3.63) is 33.4 Å². The summed E-state index contributed by atoms with van der Waals surface area (Å²) in [6.45, 7) is 2.49. The van der Waals surface area contributed by atoms with Crippen molar-refractivity contribution in [3.63, 3.8) is 0 Å². The largest absolute Gasteiger partial charge is 0.468 e. The Morgan fingerprint density at radius 2 is 2.19 bits per heavy atom. The molecule has 0 aliphatic heterocycles. The maximum Gasteiger partial charge on any atom is 0.327 e. The summed E-state index contributed by atoms with van der Waals surface area (Å²) < 4.78 is 7.57. The molecule has 1 N–H and O–H groups in total. The predicted octanol–water partition coefficient (Wildman–Crippen LogP) is 1.14. The van der Waals surface area contributed by atoms with Crippen molar-refractivity contribution in [3.8, 4) is 0 Å². The van der Waals surface area contributed by atoms with E-state index >= 15 is 0 Å². The monoisotopic (exact) mass is 355 g/mol. The summed E-state index contributed by atoms with van der Waals surface area (Å²) in [6.07, 6.45) is 4.92. The number of ether oxygens (including phenoxy) is 1. The maximum atomic E-state index is 12.1. The van der Waals surface area contributed by atoms with Gasteiger partial charge in [-0.3, -0.25) is 14.3 Å². The molecule has 0 aliphatic rings. The molecule has 2 aromatic heterocycles. The summed E-state index contributed by atoms with van der Waals surface area (Å²) in [6, 6.07) is 0. The molecule has 0 unspecified atom stereocenters. The van der Waals surface area contributed by atoms with Crippen LogP contribution in [-0.2, 0) is 22.6 Å². The highest BCUT2D eigenvalue weighted by atomic mass is 79.9. The molecule has 2 rings (SSSR count). The third-order valence-electron chi connectivity index (χ3n) is 2.73. The van der Waals surface area contributed by atoms with Crippen molar-refractivity contribution < 1.29 is 9.53 Å². The first-order valence-electron chi connectivity index (χ1n) is 6.17. The Balaban J connectivity index is 2.24. The van der Waals surface area contributed by atoms with E-state index in [2.05, 4.69) is 36.2 Å². The lowest BCUT2D eigenvalue weighted by atomic mass is 10.4. The van der Waals surface area contributed by atoms with Gasteiger partial charge in [0, 0.05) is 12.7 Å². The molecular weight excluding hydrogens is 342 g/mol. The molecule has 0 spiro atoms. The Morgan fingerprint density at radius 3 is 2.81 bits per heavy atom. The Bertz CT molecular complexity index is 709. The number of carbonyl (C=O) groups is 1. The van der Waals surface area contributed by atoms with Crippen molar-refractivity contribution in [1.29, 1.82) is 0 Å². The molecule has 0 aromatic carbocycles. The molecule has 0 saturated carbocycles. The van der Waals surface area contributed by atoms with E-state index in [0.717, 1.165) is 16.9 Å². The molecule has 2 heterocycles. The first-order valence-corrected chi connectivity index (χ1v) is 6.96. The van der Waals surface area contributed by atoms with E-state index in [-0.39, 0.29) is 11.0 Å². The summed E-state index contributed by atoms with van der Waals surface area (Å²) in [5, 5.41) is 11.1. The van der Waals surface area contributed by atoms with Gasteiger partial charge in [0.15, 0.2) is 0 Å². The zero-order chi connectivity index (χ0) is 15.4. The molecule has 9 heteroatoms. The Hall–Kier alpha value is -2.16. The highest BCUT2D eigenvalue weighted by Crippen LogP contribution is 2.21. The zero-order valence-electron chi connectivity index (χ0n) is 11.5. The second kappa shape index (κ2) is 6.53. The first kappa shape index (κ1) is 15.2. The molecule has 0 fully saturated rings. The fourth-order valence-electron chi connectivity index (χ4n) is 1.61. The lowest BCUT2D eigenvalue weighted by molar-refractivity contribution is -0.141. The number of nitrogens with zero attached hydrogens (tertiary/aromatic N) is 4. The van der Waals surface area contributed by atoms with Crippen molar-refractivity contribution >= 4 is 33.3 Å². The second-order valence-corrected chi connectivity index (χ2v) is 4.91. The summed E-state index contributed by atoms with van der Waals surface area (Å²) in [7, 11) is 1.25. The van der Waals surface area contributed by atoms with Crippen LogP contribution in [0.1, 0.15) is 6.92 Å². The predicted molar refractivity (Wildman–Crippen MR) is 79.4 cm³/mol. The van der Waals surface area contributed by atoms with Crippen LogP contribution in [0.25, 0.3) is 0 Å². The van der Waals surface area contributed by atoms with Crippen LogP contribution in [0.15, 0.2) is 27.9 Å². The van der Waals surface area contributed by atoms with Gasteiger partial charge in [-0.05, 0) is 22.9 Å². The molecule has 0 radical (unpaired) electrons. The summed E-state index contributed by atoms with van der Waals surface area (Å²) in [5.41, 5.74) is 0.814. The minimum Gasteiger partial charge on any atom is -0.468 e. The highest BCUT2D eigenvalue weighted by molar-refractivity contribution is 9.10. The van der Waals surface area contributed by atoms with Gasteiger partial charge in [-0.15, -0.1) is 0 Å². The quantitative estimate of drug-likeness (QED) is 0.808. The van der Waals surface area contributed by atoms with Gasteiger partial charge in [0.25, 0.3) is 5.56 Å². The normalized spacial score (nSPS) is 10.4. The average molecular weight is 356 g/mol. The third kappa shape index (κ3) is 3.48. The van der Waals surface area contributed by atoms with Gasteiger partial charge in [0.05, 0.1) is 30.9 Å². The van der Waals surface area contributed by atoms with Crippen LogP contribution in [0.3, 0.4) is 0 Å². The number of methoxy groups -OCH3 is 1. The van der Waals surface area contributed by atoms with Crippen LogP contribution in [0.5, 0.6) is 0 Å². The van der Waals surface area contributed by atoms with E-state index < -0.39 is 11.5 Å². The molecule has 0 saturated heterocycles. The van der Waals surface area contributed by atoms with Gasteiger partial charge in [0.2, 0.25) is 0 Å². The van der Waals surface area contributed by atoms with E-state index in [1.807, 2.05) is 13.1 Å². The molecule has 0 amide bonds. The highest BCUT2D eigenvalue weighted by Gasteiger charge is 2.12. The number of hydrogen-bond acceptors (Lipinski definition) is 6. The smallest absolute Gasteiger partial charge is 0.327 e. The number of rotatable bonds is 5. The SMILES string of the molecule is CCn1cc(Nc2cnn(CC(=O)OC)c(=O)c2Br)cn1. The summed E-state index contributed by atoms with van der Waals surface area (Å²) >= 11 is 3.21. The lowest BCUT2D eigenvalue weighted by Crippen LogP contribution is -2.28. The fraction of sp³-hybridized carbons (Fsp3) is 0.333. The first-order chi connectivity index (χ1) is 10.0. The van der Waals surface area contributed by atoms with Crippen LogP contribution >= 0.6 is 15.9 Å². The molecule has 0 bridgehead atoms. The minimum atomic E-state index is -0.540. The summed E-state index contributed by atoms with van der Waals surface area (Å²) in [4.78, 5) is 23.3. The van der Waals surface area contributed by atoms with Gasteiger partial charge in [-0.1, -0.05) is 0 Å². The van der Waals surface area contributed by atoms with Gasteiger partial charge in [-0.2, -0.15) is 10.2 Å². The second-order valence-electron chi connectivity index (χ2n) is 4.12. The standard InChI is InChI=1S/C12H14BrN5O3/c1-3-17-6-8(4-14-17)16-9-5-15-18(7-10(19)21-2)12(20)11(9)13/h4-6,16H,3,7H2,1-2H3. The van der Waals surface area contributed by atoms with Crippen molar-refractivity contribution in [2.24, 2.45) is 0 Å². The number of halogens is 1. The van der Waals surface area contributed by atoms with E-state index in [1.165, 1.54) is 13.3 Å². The maximum absolute atomic E-state index is 12.1. The van der Waals surface area contributed by atoms with Crippen LogP contribution in [0, 0.1) is 0 Å². The number of aromatic nitrogens is 4. The summed E-state index contributed by atoms with van der Waals surface area (Å²) in [5.74, 6) is -0.540. The van der Waals surface area contributed by atoms with Crippen molar-refractivity contribution in [2.75, 3.05) is 12.4 Å². The zero-order valence-corrected chi connectivity index (χ0v) is 13.1. The van der Waals surface area contributed by atoms with Crippen molar-refractivity contribution in [1.82, 2.24) is 19.6 Å². The van der Waals surface area contributed by atoms with Crippen LogP contribution < -0.4 is 10.9 Å². The van der Waals surface area contributed by atoms with Crippen LogP contribution in [0.4, 0.5) is 11.4 Å². The molecule has 112 valence electrons. The Kier molecular flexibility index (Phi) is 4.73. The molecule has 2 aromatic rings. The number of nitrogens with one attached hydrogen (secondary N) is 1. The van der Waals surface area contributed by atoms with E-state index in [4.69, 9.17) is 0 Å². The molecule has 8 nitrogen and oxygen atoms in total. The Labute approximate surface area is 128 Å². The number of hydrogen-bond donors (Lipinski definition) is 1.